The second-order valence-electron chi connectivity index (χ2n) is 7.95. The van der Waals surface area contributed by atoms with Crippen LogP contribution in [0.15, 0.2) is 84.1 Å². The molecule has 0 bridgehead atoms. The molecule has 1 atom stereocenters. The Bertz CT molecular complexity index is 1560. The fourth-order valence-electron chi connectivity index (χ4n) is 4.00. The van der Waals surface area contributed by atoms with Crippen LogP contribution in [0.2, 0.25) is 10.0 Å². The van der Waals surface area contributed by atoms with Gasteiger partial charge in [-0.25, -0.2) is 4.98 Å². The molecule has 0 aliphatic carbocycles. The number of amides is 1. The van der Waals surface area contributed by atoms with Crippen molar-refractivity contribution in [3.8, 4) is 5.75 Å². The fraction of sp³-hybridized carbons (Fsp3) is 0.0741. The molecule has 4 aromatic rings. The molecule has 3 aromatic carbocycles. The standard InChI is InChI=1S/C27H18Cl2N2O4S/c1-35-17-9-11-20-22(14-17)36-27(30-20)31-24(16-8-10-18(28)19(29)13-16)23(25(33)26(31)34)21(32)12-7-15-5-3-2-4-6-15/h2-14,24,33H,1H3/b12-7+. The number of anilines is 1. The number of hydrogen-bond acceptors (Lipinski definition) is 6. The molecule has 2 heterocycles. The molecule has 9 heteroatoms. The highest BCUT2D eigenvalue weighted by molar-refractivity contribution is 7.22. The van der Waals surface area contributed by atoms with Gasteiger partial charge in [-0.05, 0) is 47.5 Å². The van der Waals surface area contributed by atoms with Gasteiger partial charge in [0.2, 0.25) is 0 Å². The monoisotopic (exact) mass is 536 g/mol. The molecule has 1 aromatic heterocycles. The first kappa shape index (κ1) is 24.1. The fourth-order valence-corrected chi connectivity index (χ4v) is 5.33. The van der Waals surface area contributed by atoms with Crippen molar-refractivity contribution in [2.24, 2.45) is 0 Å². The molecule has 0 spiro atoms. The van der Waals surface area contributed by atoms with Crippen molar-refractivity contribution in [2.75, 3.05) is 12.0 Å². The molecule has 0 saturated heterocycles. The van der Waals surface area contributed by atoms with Gasteiger partial charge in [0.1, 0.15) is 5.75 Å². The minimum atomic E-state index is -0.956. The number of allylic oxidation sites excluding steroid dienone is 1. The predicted molar refractivity (Wildman–Crippen MR) is 143 cm³/mol. The smallest absolute Gasteiger partial charge is 0.296 e. The lowest BCUT2D eigenvalue weighted by Crippen LogP contribution is -2.30. The minimum Gasteiger partial charge on any atom is -0.503 e. The van der Waals surface area contributed by atoms with Gasteiger partial charge in [0.15, 0.2) is 16.7 Å². The number of ketones is 1. The van der Waals surface area contributed by atoms with Gasteiger partial charge in [-0.3, -0.25) is 14.5 Å². The maximum Gasteiger partial charge on any atom is 0.296 e. The average molecular weight is 537 g/mol. The summed E-state index contributed by atoms with van der Waals surface area (Å²) in [6.07, 6.45) is 2.97. The Morgan fingerprint density at radius 2 is 1.86 bits per heavy atom. The van der Waals surface area contributed by atoms with Gasteiger partial charge in [-0.15, -0.1) is 0 Å². The Balaban J connectivity index is 1.62. The Kier molecular flexibility index (Phi) is 6.53. The summed E-state index contributed by atoms with van der Waals surface area (Å²) >= 11 is 13.7. The number of methoxy groups -OCH3 is 1. The van der Waals surface area contributed by atoms with E-state index >= 15 is 0 Å². The molecule has 0 saturated carbocycles. The lowest BCUT2D eigenvalue weighted by Gasteiger charge is -2.24. The van der Waals surface area contributed by atoms with Crippen LogP contribution < -0.4 is 9.64 Å². The van der Waals surface area contributed by atoms with Gasteiger partial charge in [0.25, 0.3) is 5.91 Å². The molecule has 0 fully saturated rings. The van der Waals surface area contributed by atoms with Crippen LogP contribution in [0.3, 0.4) is 0 Å². The summed E-state index contributed by atoms with van der Waals surface area (Å²) in [5.41, 5.74) is 1.90. The van der Waals surface area contributed by atoms with Crippen molar-refractivity contribution in [1.82, 2.24) is 4.98 Å². The molecule has 0 radical (unpaired) electrons. The lowest BCUT2D eigenvalue weighted by atomic mass is 9.96. The first-order valence-electron chi connectivity index (χ1n) is 10.8. The van der Waals surface area contributed by atoms with E-state index in [4.69, 9.17) is 27.9 Å². The number of carbonyl (C=O) groups excluding carboxylic acids is 2. The van der Waals surface area contributed by atoms with Crippen LogP contribution in [0, 0.1) is 0 Å². The summed E-state index contributed by atoms with van der Waals surface area (Å²) in [6, 6.07) is 18.5. The number of ether oxygens (including phenoxy) is 1. The van der Waals surface area contributed by atoms with Gasteiger partial charge < -0.3 is 9.84 Å². The summed E-state index contributed by atoms with van der Waals surface area (Å²) in [5.74, 6) is -1.22. The maximum atomic E-state index is 13.4. The van der Waals surface area contributed by atoms with E-state index < -0.39 is 23.5 Å². The lowest BCUT2D eigenvalue weighted by molar-refractivity contribution is -0.117. The van der Waals surface area contributed by atoms with Crippen LogP contribution >= 0.6 is 34.5 Å². The average Bonchev–Trinajstić information content (AvgIpc) is 3.42. The number of rotatable bonds is 6. The largest absolute Gasteiger partial charge is 0.503 e. The molecule has 1 amide bonds. The molecule has 1 aliphatic heterocycles. The van der Waals surface area contributed by atoms with Gasteiger partial charge in [-0.2, -0.15) is 0 Å². The van der Waals surface area contributed by atoms with E-state index in [1.807, 2.05) is 36.4 Å². The second kappa shape index (κ2) is 9.78. The number of aromatic nitrogens is 1. The van der Waals surface area contributed by atoms with E-state index in [0.29, 0.717) is 27.0 Å². The Morgan fingerprint density at radius 3 is 2.58 bits per heavy atom. The van der Waals surface area contributed by atoms with E-state index in [1.165, 1.54) is 22.3 Å². The van der Waals surface area contributed by atoms with Crippen molar-refractivity contribution >= 4 is 67.7 Å². The molecule has 180 valence electrons. The second-order valence-corrected chi connectivity index (χ2v) is 9.78. The van der Waals surface area contributed by atoms with E-state index in [0.717, 1.165) is 10.3 Å². The topological polar surface area (TPSA) is 79.7 Å². The van der Waals surface area contributed by atoms with Gasteiger partial charge in [0.05, 0.1) is 39.0 Å². The highest BCUT2D eigenvalue weighted by Crippen LogP contribution is 2.44. The maximum absolute atomic E-state index is 13.4. The Hall–Kier alpha value is -3.65. The van der Waals surface area contributed by atoms with E-state index in [1.54, 1.807) is 43.5 Å². The zero-order valence-electron chi connectivity index (χ0n) is 18.8. The predicted octanol–water partition coefficient (Wildman–Crippen LogP) is 6.79. The molecular weight excluding hydrogens is 519 g/mol. The molecule has 1 aliphatic rings. The van der Waals surface area contributed by atoms with E-state index in [2.05, 4.69) is 4.98 Å². The summed E-state index contributed by atoms with van der Waals surface area (Å²) in [7, 11) is 1.57. The number of thiazole rings is 1. The minimum absolute atomic E-state index is 0.0672. The van der Waals surface area contributed by atoms with Crippen molar-refractivity contribution in [3.05, 3.63) is 105 Å². The SMILES string of the molecule is COc1ccc2nc(N3C(=O)C(O)=C(C(=O)/C=C/c4ccccc4)C3c3ccc(Cl)c(Cl)c3)sc2c1. The normalized spacial score (nSPS) is 15.9. The first-order valence-corrected chi connectivity index (χ1v) is 12.4. The third kappa shape index (κ3) is 4.37. The number of fused-ring (bicyclic) bond motifs is 1. The zero-order valence-corrected chi connectivity index (χ0v) is 21.1. The van der Waals surface area contributed by atoms with Crippen molar-refractivity contribution in [1.29, 1.82) is 0 Å². The molecule has 1 unspecified atom stereocenters. The summed E-state index contributed by atoms with van der Waals surface area (Å²) in [6.45, 7) is 0. The van der Waals surface area contributed by atoms with Crippen molar-refractivity contribution in [3.63, 3.8) is 0 Å². The van der Waals surface area contributed by atoms with Gasteiger partial charge in [0, 0.05) is 0 Å². The van der Waals surface area contributed by atoms with Crippen LogP contribution in [0.25, 0.3) is 16.3 Å². The Morgan fingerprint density at radius 1 is 1.08 bits per heavy atom. The molecule has 5 rings (SSSR count). The summed E-state index contributed by atoms with van der Waals surface area (Å²) < 4.78 is 6.08. The number of benzene rings is 3. The van der Waals surface area contributed by atoms with Gasteiger partial charge in [-0.1, -0.05) is 77.0 Å². The third-order valence-electron chi connectivity index (χ3n) is 5.75. The summed E-state index contributed by atoms with van der Waals surface area (Å²) in [5, 5.41) is 11.8. The van der Waals surface area contributed by atoms with Crippen molar-refractivity contribution in [2.45, 2.75) is 6.04 Å². The number of hydrogen-bond donors (Lipinski definition) is 1. The zero-order chi connectivity index (χ0) is 25.4. The number of aliphatic hydroxyl groups is 1. The highest BCUT2D eigenvalue weighted by Gasteiger charge is 2.45. The number of carbonyl (C=O) groups is 2. The Labute approximate surface area is 220 Å². The number of aliphatic hydroxyl groups excluding tert-OH is 1. The third-order valence-corrected chi connectivity index (χ3v) is 7.51. The van der Waals surface area contributed by atoms with Crippen LogP contribution in [0.4, 0.5) is 5.13 Å². The van der Waals surface area contributed by atoms with Crippen LogP contribution in [0.1, 0.15) is 17.2 Å². The quantitative estimate of drug-likeness (QED) is 0.274. The molecule has 36 heavy (non-hydrogen) atoms. The summed E-state index contributed by atoms with van der Waals surface area (Å²) in [4.78, 5) is 32.6. The highest BCUT2D eigenvalue weighted by atomic mass is 35.5. The van der Waals surface area contributed by atoms with E-state index in [9.17, 15) is 14.7 Å². The van der Waals surface area contributed by atoms with Crippen LogP contribution in [-0.4, -0.2) is 28.9 Å². The van der Waals surface area contributed by atoms with Crippen molar-refractivity contribution < 1.29 is 19.4 Å². The van der Waals surface area contributed by atoms with E-state index in [-0.39, 0.29) is 10.6 Å². The van der Waals surface area contributed by atoms with Crippen LogP contribution in [0.5, 0.6) is 5.75 Å². The first-order chi connectivity index (χ1) is 17.4. The number of nitrogens with zero attached hydrogens (tertiary/aromatic N) is 2. The van der Waals surface area contributed by atoms with Gasteiger partial charge >= 0.3 is 0 Å². The van der Waals surface area contributed by atoms with Crippen LogP contribution in [-0.2, 0) is 9.59 Å². The molecular formula is C27H18Cl2N2O4S. The molecule has 6 nitrogen and oxygen atoms in total. The molecule has 1 N–H and O–H groups in total. The number of halogens is 2.